The monoisotopic (exact) mass is 248 g/mol. The summed E-state index contributed by atoms with van der Waals surface area (Å²) in [6, 6.07) is 1.09. The second-order valence-corrected chi connectivity index (χ2v) is 6.00. The first kappa shape index (κ1) is 12.2. The second kappa shape index (κ2) is 5.02. The summed E-state index contributed by atoms with van der Waals surface area (Å²) in [6.45, 7) is 5.56. The van der Waals surface area contributed by atoms with Crippen LogP contribution in [0.25, 0.3) is 0 Å². The Morgan fingerprint density at radius 2 is 2.06 bits per heavy atom. The second-order valence-electron chi connectivity index (χ2n) is 6.00. The molecule has 1 aromatic rings. The van der Waals surface area contributed by atoms with E-state index >= 15 is 0 Å². The number of imidazole rings is 1. The highest BCUT2D eigenvalue weighted by Gasteiger charge is 2.27. The number of likely N-dealkylation sites (tertiary alicyclic amines) is 1. The van der Waals surface area contributed by atoms with Crippen LogP contribution < -0.4 is 5.73 Å². The van der Waals surface area contributed by atoms with Crippen LogP contribution in [0, 0.1) is 5.92 Å². The van der Waals surface area contributed by atoms with Gasteiger partial charge in [-0.3, -0.25) is 4.90 Å². The van der Waals surface area contributed by atoms with Crippen molar-refractivity contribution in [3.05, 3.63) is 18.2 Å². The van der Waals surface area contributed by atoms with Crippen LogP contribution in [0.2, 0.25) is 0 Å². The quantitative estimate of drug-likeness (QED) is 0.883. The van der Waals surface area contributed by atoms with Gasteiger partial charge in [0.05, 0.1) is 12.0 Å². The van der Waals surface area contributed by atoms with E-state index in [0.29, 0.717) is 6.04 Å². The molecule has 0 amide bonds. The Kier molecular flexibility index (Phi) is 3.39. The number of aromatic nitrogens is 2. The molecule has 0 aromatic carbocycles. The van der Waals surface area contributed by atoms with Gasteiger partial charge < -0.3 is 10.3 Å². The maximum atomic E-state index is 5.99. The van der Waals surface area contributed by atoms with Crippen LogP contribution in [0.1, 0.15) is 44.3 Å². The highest BCUT2D eigenvalue weighted by molar-refractivity contribution is 5.03. The molecule has 18 heavy (non-hydrogen) atoms. The molecule has 0 radical (unpaired) electrons. The minimum atomic E-state index is 0.351. The number of nitrogens with two attached hydrogens (primary N) is 1. The fraction of sp³-hybridized carbons (Fsp3) is 0.786. The summed E-state index contributed by atoms with van der Waals surface area (Å²) >= 11 is 0. The van der Waals surface area contributed by atoms with Crippen molar-refractivity contribution in [1.29, 1.82) is 0 Å². The lowest BCUT2D eigenvalue weighted by molar-refractivity contribution is 0.162. The van der Waals surface area contributed by atoms with Gasteiger partial charge in [-0.05, 0) is 51.6 Å². The predicted molar refractivity (Wildman–Crippen MR) is 72.1 cm³/mol. The van der Waals surface area contributed by atoms with Gasteiger partial charge in [0.2, 0.25) is 0 Å². The fourth-order valence-electron chi connectivity index (χ4n) is 3.00. The van der Waals surface area contributed by atoms with Gasteiger partial charge in [-0.15, -0.1) is 0 Å². The average Bonchev–Trinajstić information content (AvgIpc) is 3.11. The van der Waals surface area contributed by atoms with E-state index in [1.54, 1.807) is 0 Å². The third-order valence-corrected chi connectivity index (χ3v) is 4.45. The molecule has 2 heterocycles. The van der Waals surface area contributed by atoms with Crippen molar-refractivity contribution < 1.29 is 0 Å². The van der Waals surface area contributed by atoms with Crippen molar-refractivity contribution in [3.8, 4) is 0 Å². The molecular formula is C14H24N4. The van der Waals surface area contributed by atoms with Gasteiger partial charge in [0.1, 0.15) is 0 Å². The number of rotatable bonds is 4. The molecular weight excluding hydrogens is 224 g/mol. The lowest BCUT2D eigenvalue weighted by atomic mass is 9.91. The summed E-state index contributed by atoms with van der Waals surface area (Å²) in [7, 11) is 0. The minimum Gasteiger partial charge on any atom is -0.330 e. The van der Waals surface area contributed by atoms with E-state index in [4.69, 9.17) is 5.73 Å². The molecule has 100 valence electrons. The van der Waals surface area contributed by atoms with Gasteiger partial charge >= 0.3 is 0 Å². The summed E-state index contributed by atoms with van der Waals surface area (Å²) in [5, 5.41) is 0. The molecule has 0 bridgehead atoms. The molecule has 2 aliphatic rings. The number of piperidine rings is 1. The van der Waals surface area contributed by atoms with Crippen LogP contribution in [-0.4, -0.2) is 33.6 Å². The van der Waals surface area contributed by atoms with Gasteiger partial charge in [0.15, 0.2) is 0 Å². The largest absolute Gasteiger partial charge is 0.330 e. The van der Waals surface area contributed by atoms with Crippen molar-refractivity contribution in [2.24, 2.45) is 11.7 Å². The average molecular weight is 248 g/mol. The zero-order chi connectivity index (χ0) is 12.5. The molecule has 1 saturated carbocycles. The van der Waals surface area contributed by atoms with E-state index in [1.165, 1.54) is 44.5 Å². The van der Waals surface area contributed by atoms with Gasteiger partial charge in [-0.1, -0.05) is 0 Å². The van der Waals surface area contributed by atoms with Crippen LogP contribution in [-0.2, 0) is 6.54 Å². The molecule has 2 N–H and O–H groups in total. The van der Waals surface area contributed by atoms with Crippen molar-refractivity contribution in [2.45, 2.75) is 51.2 Å². The van der Waals surface area contributed by atoms with Crippen LogP contribution >= 0.6 is 0 Å². The molecule has 1 unspecified atom stereocenters. The van der Waals surface area contributed by atoms with E-state index in [1.807, 2.05) is 12.5 Å². The Bertz CT molecular complexity index is 386. The van der Waals surface area contributed by atoms with Crippen molar-refractivity contribution in [2.75, 3.05) is 13.1 Å². The van der Waals surface area contributed by atoms with E-state index in [0.717, 1.165) is 18.5 Å². The van der Waals surface area contributed by atoms with E-state index in [9.17, 15) is 0 Å². The Morgan fingerprint density at radius 3 is 2.67 bits per heavy atom. The maximum Gasteiger partial charge on any atom is 0.0951 e. The highest BCUT2D eigenvalue weighted by Crippen LogP contribution is 2.36. The normalized spacial score (nSPS) is 24.3. The molecule has 1 saturated heterocycles. The van der Waals surface area contributed by atoms with Gasteiger partial charge in [-0.2, -0.15) is 0 Å². The van der Waals surface area contributed by atoms with Crippen molar-refractivity contribution in [1.82, 2.24) is 14.5 Å². The molecule has 4 heteroatoms. The summed E-state index contributed by atoms with van der Waals surface area (Å²) in [4.78, 5) is 6.86. The number of hydrogen-bond donors (Lipinski definition) is 1. The zero-order valence-corrected chi connectivity index (χ0v) is 11.3. The standard InChI is InChI=1S/C14H24N4/c1-11(15)12-4-6-17(7-5-12)9-14-8-16-10-18(14)13-2-3-13/h8,10-13H,2-7,9,15H2,1H3. The zero-order valence-electron chi connectivity index (χ0n) is 11.3. The lowest BCUT2D eigenvalue weighted by Gasteiger charge is -2.33. The molecule has 0 spiro atoms. The first-order valence-corrected chi connectivity index (χ1v) is 7.22. The topological polar surface area (TPSA) is 47.1 Å². The molecule has 1 atom stereocenters. The minimum absolute atomic E-state index is 0.351. The van der Waals surface area contributed by atoms with Crippen molar-refractivity contribution in [3.63, 3.8) is 0 Å². The smallest absolute Gasteiger partial charge is 0.0951 e. The van der Waals surface area contributed by atoms with Crippen LogP contribution in [0.5, 0.6) is 0 Å². The summed E-state index contributed by atoms with van der Waals surface area (Å²) < 4.78 is 2.37. The van der Waals surface area contributed by atoms with E-state index in [-0.39, 0.29) is 0 Å². The Balaban J connectivity index is 1.56. The third kappa shape index (κ3) is 2.59. The van der Waals surface area contributed by atoms with E-state index < -0.39 is 0 Å². The maximum absolute atomic E-state index is 5.99. The summed E-state index contributed by atoms with van der Waals surface area (Å²) in [6.07, 6.45) is 9.19. The van der Waals surface area contributed by atoms with Crippen LogP contribution in [0.3, 0.4) is 0 Å². The van der Waals surface area contributed by atoms with Gasteiger partial charge in [-0.25, -0.2) is 4.98 Å². The molecule has 1 aromatic heterocycles. The van der Waals surface area contributed by atoms with Crippen LogP contribution in [0.15, 0.2) is 12.5 Å². The summed E-state index contributed by atoms with van der Waals surface area (Å²) in [5.41, 5.74) is 7.37. The molecule has 3 rings (SSSR count). The molecule has 2 fully saturated rings. The molecule has 4 nitrogen and oxygen atoms in total. The van der Waals surface area contributed by atoms with E-state index in [2.05, 4.69) is 21.4 Å². The Labute approximate surface area is 109 Å². The first-order valence-electron chi connectivity index (χ1n) is 7.22. The number of hydrogen-bond acceptors (Lipinski definition) is 3. The highest BCUT2D eigenvalue weighted by atomic mass is 15.2. The summed E-state index contributed by atoms with van der Waals surface area (Å²) in [5.74, 6) is 0.717. The number of nitrogens with zero attached hydrogens (tertiary/aromatic N) is 3. The Morgan fingerprint density at radius 1 is 1.33 bits per heavy atom. The SMILES string of the molecule is CC(N)C1CCN(Cc2cncn2C2CC2)CC1. The van der Waals surface area contributed by atoms with Crippen molar-refractivity contribution >= 4 is 0 Å². The van der Waals surface area contributed by atoms with Gasteiger partial charge in [0.25, 0.3) is 0 Å². The molecule has 1 aliphatic carbocycles. The fourth-order valence-corrected chi connectivity index (χ4v) is 3.00. The molecule has 1 aliphatic heterocycles. The third-order valence-electron chi connectivity index (χ3n) is 4.45. The van der Waals surface area contributed by atoms with Crippen LogP contribution in [0.4, 0.5) is 0 Å². The predicted octanol–water partition coefficient (Wildman–Crippen LogP) is 1.78. The van der Waals surface area contributed by atoms with Gasteiger partial charge in [0, 0.05) is 24.8 Å². The lowest BCUT2D eigenvalue weighted by Crippen LogP contribution is -2.39. The first-order chi connectivity index (χ1) is 8.74. The Hall–Kier alpha value is -0.870.